The van der Waals surface area contributed by atoms with Gasteiger partial charge >= 0.3 is 0 Å². The number of hydrogen-bond acceptors (Lipinski definition) is 1. The Labute approximate surface area is 88.2 Å². The zero-order valence-electron chi connectivity index (χ0n) is 8.24. The molecule has 72 valence electrons. The van der Waals surface area contributed by atoms with Gasteiger partial charge in [0, 0.05) is 6.20 Å². The molecule has 2 rings (SSSR count). The lowest BCUT2D eigenvalue weighted by atomic mass is 10.1. The zero-order chi connectivity index (χ0) is 10.1. The van der Waals surface area contributed by atoms with Gasteiger partial charge in [0.05, 0.1) is 5.69 Å². The van der Waals surface area contributed by atoms with Crippen molar-refractivity contribution in [2.75, 3.05) is 0 Å². The van der Waals surface area contributed by atoms with Crippen molar-refractivity contribution in [2.45, 2.75) is 13.8 Å². The molecular weight excluding hydrogens is 192 g/mol. The highest BCUT2D eigenvalue weighted by Crippen LogP contribution is 2.17. The van der Waals surface area contributed by atoms with Crippen LogP contribution in [0.5, 0.6) is 0 Å². The summed E-state index contributed by atoms with van der Waals surface area (Å²) in [5.41, 5.74) is 3.61. The first kappa shape index (κ1) is 9.21. The van der Waals surface area contributed by atoms with E-state index >= 15 is 0 Å². The summed E-state index contributed by atoms with van der Waals surface area (Å²) in [5.74, 6) is 0. The average molecular weight is 204 g/mol. The van der Waals surface area contributed by atoms with Crippen molar-refractivity contribution in [3.05, 3.63) is 46.2 Å². The van der Waals surface area contributed by atoms with E-state index in [1.54, 1.807) is 0 Å². The van der Waals surface area contributed by atoms with Crippen LogP contribution in [0.1, 0.15) is 11.1 Å². The maximum atomic E-state index is 5.22. The third-order valence-corrected chi connectivity index (χ3v) is 2.63. The van der Waals surface area contributed by atoms with Crippen LogP contribution in [0.4, 0.5) is 0 Å². The molecule has 1 aromatic heterocycles. The minimum atomic E-state index is 0.808. The number of hydrogen-bond donors (Lipinski definition) is 1. The molecule has 0 aliphatic rings. The highest BCUT2D eigenvalue weighted by atomic mass is 32.1. The molecule has 2 aromatic rings. The van der Waals surface area contributed by atoms with Gasteiger partial charge in [-0.15, -0.1) is 0 Å². The minimum Gasteiger partial charge on any atom is -0.300 e. The lowest BCUT2D eigenvalue weighted by Gasteiger charge is -2.09. The molecule has 0 saturated carbocycles. The maximum Gasteiger partial charge on any atom is 0.127 e. The van der Waals surface area contributed by atoms with E-state index in [4.69, 9.17) is 12.2 Å². The zero-order valence-corrected chi connectivity index (χ0v) is 9.06. The normalized spacial score (nSPS) is 10.4. The number of benzene rings is 1. The monoisotopic (exact) mass is 204 g/mol. The van der Waals surface area contributed by atoms with Crippen LogP contribution in [-0.2, 0) is 0 Å². The Kier molecular flexibility index (Phi) is 2.25. The number of aromatic amines is 1. The predicted molar refractivity (Wildman–Crippen MR) is 60.4 cm³/mol. The molecular formula is C11H12N2S. The molecule has 1 heterocycles. The summed E-state index contributed by atoms with van der Waals surface area (Å²) in [4.78, 5) is 0. The minimum absolute atomic E-state index is 0.808. The smallest absolute Gasteiger partial charge is 0.127 e. The van der Waals surface area contributed by atoms with Gasteiger partial charge in [-0.25, -0.2) is 4.68 Å². The molecule has 0 amide bonds. The Balaban J connectivity index is 2.74. The standard InChI is InChI=1S/C11H12N2S/c1-8-4-3-5-9(2)11(8)13-10(14)6-7-12-13/h3-7,12H,1-2H3. The van der Waals surface area contributed by atoms with Crippen LogP contribution in [0.3, 0.4) is 0 Å². The van der Waals surface area contributed by atoms with Gasteiger partial charge in [-0.2, -0.15) is 0 Å². The highest BCUT2D eigenvalue weighted by molar-refractivity contribution is 7.71. The third kappa shape index (κ3) is 1.40. The largest absolute Gasteiger partial charge is 0.300 e. The summed E-state index contributed by atoms with van der Waals surface area (Å²) in [6.45, 7) is 4.18. The van der Waals surface area contributed by atoms with Crippen molar-refractivity contribution in [2.24, 2.45) is 0 Å². The fourth-order valence-corrected chi connectivity index (χ4v) is 1.87. The number of nitrogens with one attached hydrogen (secondary N) is 1. The number of rotatable bonds is 1. The van der Waals surface area contributed by atoms with E-state index in [1.807, 2.05) is 16.9 Å². The van der Waals surface area contributed by atoms with Crippen molar-refractivity contribution < 1.29 is 0 Å². The SMILES string of the molecule is Cc1cccc(C)c1-n1[nH]ccc1=S. The van der Waals surface area contributed by atoms with E-state index in [2.05, 4.69) is 37.1 Å². The van der Waals surface area contributed by atoms with Gasteiger partial charge in [0.25, 0.3) is 0 Å². The molecule has 0 bridgehead atoms. The summed E-state index contributed by atoms with van der Waals surface area (Å²) in [5, 5.41) is 3.12. The topological polar surface area (TPSA) is 20.7 Å². The van der Waals surface area contributed by atoms with Crippen LogP contribution in [0.15, 0.2) is 30.5 Å². The van der Waals surface area contributed by atoms with Crippen molar-refractivity contribution in [3.8, 4) is 5.69 Å². The number of para-hydroxylation sites is 1. The molecule has 1 N–H and O–H groups in total. The molecule has 0 fully saturated rings. The molecule has 3 heteroatoms. The number of aromatic nitrogens is 2. The first-order chi connectivity index (χ1) is 6.70. The van der Waals surface area contributed by atoms with E-state index in [9.17, 15) is 0 Å². The van der Waals surface area contributed by atoms with Crippen LogP contribution in [0.25, 0.3) is 5.69 Å². The van der Waals surface area contributed by atoms with Gasteiger partial charge in [0.2, 0.25) is 0 Å². The first-order valence-electron chi connectivity index (χ1n) is 4.53. The highest BCUT2D eigenvalue weighted by Gasteiger charge is 2.04. The molecule has 14 heavy (non-hydrogen) atoms. The van der Waals surface area contributed by atoms with Crippen LogP contribution in [0, 0.1) is 18.5 Å². The molecule has 0 unspecified atom stereocenters. The summed E-state index contributed by atoms with van der Waals surface area (Å²) in [6.07, 6.45) is 1.86. The lowest BCUT2D eigenvalue weighted by Crippen LogP contribution is -2.01. The number of H-pyrrole nitrogens is 1. The van der Waals surface area contributed by atoms with E-state index in [0.717, 1.165) is 10.3 Å². The van der Waals surface area contributed by atoms with E-state index in [-0.39, 0.29) is 0 Å². The fourth-order valence-electron chi connectivity index (χ4n) is 1.65. The second kappa shape index (κ2) is 3.42. The van der Waals surface area contributed by atoms with Crippen LogP contribution in [0.2, 0.25) is 0 Å². The Morgan fingerprint density at radius 2 is 1.79 bits per heavy atom. The third-order valence-electron chi connectivity index (χ3n) is 2.31. The lowest BCUT2D eigenvalue weighted by molar-refractivity contribution is 0.854. The van der Waals surface area contributed by atoms with Gasteiger partial charge in [0.15, 0.2) is 0 Å². The van der Waals surface area contributed by atoms with Gasteiger partial charge in [-0.05, 0) is 31.0 Å². The van der Waals surface area contributed by atoms with E-state index < -0.39 is 0 Å². The predicted octanol–water partition coefficient (Wildman–Crippen LogP) is 3.15. The molecule has 0 spiro atoms. The van der Waals surface area contributed by atoms with Gasteiger partial charge < -0.3 is 5.10 Å². The number of aryl methyl sites for hydroxylation is 2. The summed E-state index contributed by atoms with van der Waals surface area (Å²) >= 11 is 5.22. The van der Waals surface area contributed by atoms with Crippen molar-refractivity contribution in [1.82, 2.24) is 9.78 Å². The molecule has 2 nitrogen and oxygen atoms in total. The summed E-state index contributed by atoms with van der Waals surface area (Å²) in [6, 6.07) is 8.12. The fraction of sp³-hybridized carbons (Fsp3) is 0.182. The molecule has 0 saturated heterocycles. The van der Waals surface area contributed by atoms with Gasteiger partial charge in [-0.3, -0.25) is 0 Å². The Bertz CT molecular complexity index is 488. The molecule has 1 aromatic carbocycles. The van der Waals surface area contributed by atoms with Gasteiger partial charge in [-0.1, -0.05) is 30.4 Å². The summed E-state index contributed by atoms with van der Waals surface area (Å²) < 4.78 is 2.74. The molecule has 0 aliphatic heterocycles. The first-order valence-corrected chi connectivity index (χ1v) is 4.94. The van der Waals surface area contributed by atoms with Crippen LogP contribution in [-0.4, -0.2) is 9.78 Å². The van der Waals surface area contributed by atoms with E-state index in [1.165, 1.54) is 11.1 Å². The van der Waals surface area contributed by atoms with Gasteiger partial charge in [0.1, 0.15) is 4.64 Å². The molecule has 0 aliphatic carbocycles. The second-order valence-electron chi connectivity index (χ2n) is 3.38. The molecule has 0 atom stereocenters. The van der Waals surface area contributed by atoms with Crippen molar-refractivity contribution in [3.63, 3.8) is 0 Å². The van der Waals surface area contributed by atoms with E-state index in [0.29, 0.717) is 0 Å². The molecule has 0 radical (unpaired) electrons. The maximum absolute atomic E-state index is 5.22. The Morgan fingerprint density at radius 1 is 1.14 bits per heavy atom. The number of nitrogens with zero attached hydrogens (tertiary/aromatic N) is 1. The average Bonchev–Trinajstić information content (AvgIpc) is 2.52. The van der Waals surface area contributed by atoms with Crippen LogP contribution < -0.4 is 0 Å². The Morgan fingerprint density at radius 3 is 2.29 bits per heavy atom. The summed E-state index contributed by atoms with van der Waals surface area (Å²) in [7, 11) is 0. The van der Waals surface area contributed by atoms with Crippen molar-refractivity contribution in [1.29, 1.82) is 0 Å². The quantitative estimate of drug-likeness (QED) is 0.708. The Hall–Kier alpha value is -1.35. The van der Waals surface area contributed by atoms with Crippen LogP contribution >= 0.6 is 12.2 Å². The second-order valence-corrected chi connectivity index (χ2v) is 3.79. The van der Waals surface area contributed by atoms with Crippen molar-refractivity contribution >= 4 is 12.2 Å².